The molecule has 1 aromatic carbocycles. The van der Waals surface area contributed by atoms with E-state index in [0.717, 1.165) is 40.6 Å². The number of hydrogen-bond acceptors (Lipinski definition) is 4. The molecule has 2 N–H and O–H groups in total. The summed E-state index contributed by atoms with van der Waals surface area (Å²) in [6.45, 7) is 3.42. The first-order chi connectivity index (χ1) is 12.0. The topological polar surface area (TPSA) is 72.1 Å². The van der Waals surface area contributed by atoms with Crippen molar-refractivity contribution in [2.75, 3.05) is 11.9 Å². The molecule has 0 saturated carbocycles. The summed E-state index contributed by atoms with van der Waals surface area (Å²) >= 11 is 8.67. The molecule has 0 aliphatic carbocycles. The third kappa shape index (κ3) is 4.67. The zero-order chi connectivity index (χ0) is 17.8. The van der Waals surface area contributed by atoms with E-state index >= 15 is 0 Å². The van der Waals surface area contributed by atoms with Crippen LogP contribution in [0.4, 0.5) is 5.69 Å². The Balaban J connectivity index is 1.54. The summed E-state index contributed by atoms with van der Waals surface area (Å²) < 4.78 is 8.08. The van der Waals surface area contributed by atoms with Gasteiger partial charge in [-0.05, 0) is 59.2 Å². The van der Waals surface area contributed by atoms with Gasteiger partial charge >= 0.3 is 5.63 Å². The lowest BCUT2D eigenvalue weighted by atomic mass is 10.1. The van der Waals surface area contributed by atoms with E-state index < -0.39 is 0 Å². The second kappa shape index (κ2) is 7.79. The van der Waals surface area contributed by atoms with Crippen LogP contribution in [-0.4, -0.2) is 21.4 Å². The van der Waals surface area contributed by atoms with Gasteiger partial charge in [0.05, 0.1) is 10.7 Å². The van der Waals surface area contributed by atoms with Gasteiger partial charge in [-0.1, -0.05) is 0 Å². The largest absolute Gasteiger partial charge is 0.423 e. The van der Waals surface area contributed by atoms with Crippen LogP contribution >= 0.6 is 28.1 Å². The van der Waals surface area contributed by atoms with Gasteiger partial charge < -0.3 is 15.1 Å². The minimum atomic E-state index is -0.354. The molecule has 0 amide bonds. The number of aromatic nitrogens is 2. The zero-order valence-corrected chi connectivity index (χ0v) is 16.0. The van der Waals surface area contributed by atoms with Crippen molar-refractivity contribution in [3.8, 4) is 0 Å². The Hall–Kier alpha value is -2.19. The molecule has 0 aliphatic rings. The predicted molar refractivity (Wildman–Crippen MR) is 106 cm³/mol. The van der Waals surface area contributed by atoms with Crippen molar-refractivity contribution in [1.29, 1.82) is 0 Å². The van der Waals surface area contributed by atoms with E-state index in [1.54, 1.807) is 12.3 Å². The van der Waals surface area contributed by atoms with Gasteiger partial charge in [-0.25, -0.2) is 4.79 Å². The van der Waals surface area contributed by atoms with Crippen molar-refractivity contribution < 1.29 is 4.42 Å². The Morgan fingerprint density at radius 3 is 3.00 bits per heavy atom. The SMILES string of the molecule is Cc1cc(=O)oc2cc(NC(=S)NCCCn3cc(Br)cn3)ccc12. The highest BCUT2D eigenvalue weighted by molar-refractivity contribution is 9.10. The minimum Gasteiger partial charge on any atom is -0.423 e. The summed E-state index contributed by atoms with van der Waals surface area (Å²) in [6, 6.07) is 7.08. The molecule has 0 saturated heterocycles. The second-order valence-electron chi connectivity index (χ2n) is 5.62. The van der Waals surface area contributed by atoms with Crippen molar-refractivity contribution in [2.45, 2.75) is 19.9 Å². The maximum Gasteiger partial charge on any atom is 0.336 e. The van der Waals surface area contributed by atoms with Crippen LogP contribution in [0.15, 0.2) is 50.3 Å². The first-order valence-corrected chi connectivity index (χ1v) is 8.99. The van der Waals surface area contributed by atoms with Crippen LogP contribution in [0.5, 0.6) is 0 Å². The van der Waals surface area contributed by atoms with Crippen LogP contribution in [0.3, 0.4) is 0 Å². The fourth-order valence-corrected chi connectivity index (χ4v) is 3.03. The highest BCUT2D eigenvalue weighted by atomic mass is 79.9. The molecule has 6 nitrogen and oxygen atoms in total. The van der Waals surface area contributed by atoms with Crippen LogP contribution in [0, 0.1) is 6.92 Å². The summed E-state index contributed by atoms with van der Waals surface area (Å²) in [7, 11) is 0. The first-order valence-electron chi connectivity index (χ1n) is 7.78. The van der Waals surface area contributed by atoms with Crippen molar-refractivity contribution in [2.24, 2.45) is 0 Å². The van der Waals surface area contributed by atoms with Gasteiger partial charge in [0.1, 0.15) is 5.58 Å². The number of rotatable bonds is 5. The van der Waals surface area contributed by atoms with Gasteiger partial charge in [-0.3, -0.25) is 4.68 Å². The maximum atomic E-state index is 11.5. The van der Waals surface area contributed by atoms with Crippen molar-refractivity contribution in [1.82, 2.24) is 15.1 Å². The zero-order valence-electron chi connectivity index (χ0n) is 13.6. The molecule has 0 radical (unpaired) electrons. The van der Waals surface area contributed by atoms with E-state index in [0.29, 0.717) is 10.7 Å². The van der Waals surface area contributed by atoms with E-state index in [2.05, 4.69) is 31.7 Å². The first kappa shape index (κ1) is 17.6. The fraction of sp³-hybridized carbons (Fsp3) is 0.235. The van der Waals surface area contributed by atoms with Crippen molar-refractivity contribution >= 4 is 49.9 Å². The number of nitrogens with one attached hydrogen (secondary N) is 2. The van der Waals surface area contributed by atoms with Crippen LogP contribution in [0.2, 0.25) is 0 Å². The fourth-order valence-electron chi connectivity index (χ4n) is 2.48. The standard InChI is InChI=1S/C17H17BrN4O2S/c1-11-7-16(23)24-15-8-13(3-4-14(11)15)21-17(25)19-5-2-6-22-10-12(18)9-20-22/h3-4,7-10H,2,5-6H2,1H3,(H2,19,21,25). The van der Waals surface area contributed by atoms with E-state index in [-0.39, 0.29) is 5.63 Å². The molecule has 130 valence electrons. The number of aryl methyl sites for hydroxylation is 2. The van der Waals surface area contributed by atoms with Gasteiger partial charge in [-0.15, -0.1) is 0 Å². The van der Waals surface area contributed by atoms with Crippen molar-refractivity contribution in [3.05, 3.63) is 57.1 Å². The van der Waals surface area contributed by atoms with Crippen LogP contribution in [0.25, 0.3) is 11.0 Å². The Labute approximate surface area is 158 Å². The molecule has 2 heterocycles. The molecule has 2 aromatic heterocycles. The van der Waals surface area contributed by atoms with Gasteiger partial charge in [0.2, 0.25) is 0 Å². The summed E-state index contributed by atoms with van der Waals surface area (Å²) in [4.78, 5) is 11.5. The number of hydrogen-bond donors (Lipinski definition) is 2. The highest BCUT2D eigenvalue weighted by Crippen LogP contribution is 2.20. The number of thiocarbonyl (C=S) groups is 1. The Bertz CT molecular complexity index is 967. The highest BCUT2D eigenvalue weighted by Gasteiger charge is 2.04. The van der Waals surface area contributed by atoms with Crippen LogP contribution < -0.4 is 16.3 Å². The lowest BCUT2D eigenvalue weighted by molar-refractivity contribution is 0.560. The predicted octanol–water partition coefficient (Wildman–Crippen LogP) is 3.44. The Morgan fingerprint density at radius 2 is 2.24 bits per heavy atom. The molecule has 0 bridgehead atoms. The molecule has 0 atom stereocenters. The van der Waals surface area contributed by atoms with Crippen molar-refractivity contribution in [3.63, 3.8) is 0 Å². The lowest BCUT2D eigenvalue weighted by Crippen LogP contribution is -2.29. The third-order valence-corrected chi connectivity index (χ3v) is 4.32. The molecule has 8 heteroatoms. The van der Waals surface area contributed by atoms with E-state index in [1.165, 1.54) is 6.07 Å². The summed E-state index contributed by atoms with van der Waals surface area (Å²) in [6.07, 6.45) is 4.59. The molecule has 25 heavy (non-hydrogen) atoms. The summed E-state index contributed by atoms with van der Waals surface area (Å²) in [5.41, 5.74) is 1.86. The smallest absolute Gasteiger partial charge is 0.336 e. The average molecular weight is 421 g/mol. The number of benzene rings is 1. The molecule has 3 rings (SSSR count). The number of halogens is 1. The number of anilines is 1. The second-order valence-corrected chi connectivity index (χ2v) is 6.94. The Kier molecular flexibility index (Phi) is 5.50. The molecule has 0 fully saturated rings. The molecule has 0 spiro atoms. The molecule has 0 aliphatic heterocycles. The van der Waals surface area contributed by atoms with Gasteiger partial charge in [0.15, 0.2) is 5.11 Å². The quantitative estimate of drug-likeness (QED) is 0.374. The van der Waals surface area contributed by atoms with E-state index in [4.69, 9.17) is 16.6 Å². The normalized spacial score (nSPS) is 10.8. The molecular formula is C17H17BrN4O2S. The molecular weight excluding hydrogens is 404 g/mol. The van der Waals surface area contributed by atoms with Crippen LogP contribution in [-0.2, 0) is 6.54 Å². The minimum absolute atomic E-state index is 0.354. The molecule has 3 aromatic rings. The summed E-state index contributed by atoms with van der Waals surface area (Å²) in [5.74, 6) is 0. The van der Waals surface area contributed by atoms with E-state index in [9.17, 15) is 4.79 Å². The monoisotopic (exact) mass is 420 g/mol. The number of fused-ring (bicyclic) bond motifs is 1. The third-order valence-electron chi connectivity index (χ3n) is 3.66. The molecule has 0 unspecified atom stereocenters. The van der Waals surface area contributed by atoms with E-state index in [1.807, 2.05) is 29.9 Å². The van der Waals surface area contributed by atoms with Gasteiger partial charge in [0, 0.05) is 42.5 Å². The van der Waals surface area contributed by atoms with Crippen LogP contribution in [0.1, 0.15) is 12.0 Å². The maximum absolute atomic E-state index is 11.5. The van der Waals surface area contributed by atoms with Gasteiger partial charge in [-0.2, -0.15) is 5.10 Å². The van der Waals surface area contributed by atoms with Gasteiger partial charge in [0.25, 0.3) is 0 Å². The Morgan fingerprint density at radius 1 is 1.40 bits per heavy atom. The number of nitrogens with zero attached hydrogens (tertiary/aromatic N) is 2. The lowest BCUT2D eigenvalue weighted by Gasteiger charge is -2.11. The average Bonchev–Trinajstić information content (AvgIpc) is 2.96. The summed E-state index contributed by atoms with van der Waals surface area (Å²) in [5, 5.41) is 11.9.